The first-order valence-corrected chi connectivity index (χ1v) is 4.14. The Morgan fingerprint density at radius 2 is 1.83 bits per heavy atom. The van der Waals surface area contributed by atoms with Crippen molar-refractivity contribution in [2.45, 2.75) is 27.2 Å². The first-order valence-electron chi connectivity index (χ1n) is 4.14. The quantitative estimate of drug-likeness (QED) is 0.508. The van der Waals surface area contributed by atoms with Crippen molar-refractivity contribution in [3.05, 3.63) is 0 Å². The molecule has 1 aliphatic rings. The maximum absolute atomic E-state index is 11.5. The molecular weight excluding hydrogens is 154 g/mol. The number of nitrogens with zero attached hydrogens (tertiary/aromatic N) is 1. The monoisotopic (exact) mass is 169 g/mol. The Hall–Kier alpha value is -0.860. The fraction of sp³-hybridized carbons (Fsp3) is 0.778. The van der Waals surface area contributed by atoms with Gasteiger partial charge in [-0.15, -0.1) is 0 Å². The highest BCUT2D eigenvalue weighted by Crippen LogP contribution is 2.34. The van der Waals surface area contributed by atoms with E-state index < -0.39 is 0 Å². The Bertz CT molecular complexity index is 227. The predicted octanol–water partition coefficient (Wildman–Crippen LogP) is 1.04. The number of imide groups is 1. The third kappa shape index (κ3) is 1.36. The zero-order chi connectivity index (χ0) is 9.52. The minimum Gasteiger partial charge on any atom is -0.285 e. The fourth-order valence-electron chi connectivity index (χ4n) is 1.43. The minimum atomic E-state index is -0.130. The number of carbonyl (C=O) groups excluding carboxylic acids is 2. The molecule has 0 saturated carbocycles. The number of hydrogen-bond acceptors (Lipinski definition) is 2. The van der Waals surface area contributed by atoms with E-state index in [2.05, 4.69) is 0 Å². The smallest absolute Gasteiger partial charge is 0.233 e. The van der Waals surface area contributed by atoms with Gasteiger partial charge in [0.25, 0.3) is 0 Å². The van der Waals surface area contributed by atoms with Gasteiger partial charge in [-0.3, -0.25) is 14.5 Å². The summed E-state index contributed by atoms with van der Waals surface area (Å²) in [7, 11) is 1.55. The summed E-state index contributed by atoms with van der Waals surface area (Å²) in [5.74, 6) is -0.220. The van der Waals surface area contributed by atoms with E-state index in [1.54, 1.807) is 7.05 Å². The zero-order valence-electron chi connectivity index (χ0n) is 8.05. The van der Waals surface area contributed by atoms with Crippen molar-refractivity contribution < 1.29 is 9.59 Å². The molecule has 1 saturated heterocycles. The van der Waals surface area contributed by atoms with Crippen LogP contribution in [0.3, 0.4) is 0 Å². The van der Waals surface area contributed by atoms with E-state index >= 15 is 0 Å². The molecule has 3 heteroatoms. The van der Waals surface area contributed by atoms with Gasteiger partial charge in [0, 0.05) is 13.5 Å². The highest BCUT2D eigenvalue weighted by Gasteiger charge is 2.42. The third-order valence-corrected chi connectivity index (χ3v) is 2.43. The fourth-order valence-corrected chi connectivity index (χ4v) is 1.43. The van der Waals surface area contributed by atoms with Crippen LogP contribution in [-0.4, -0.2) is 23.8 Å². The molecule has 0 radical (unpaired) electrons. The van der Waals surface area contributed by atoms with Gasteiger partial charge in [0.05, 0.1) is 5.92 Å². The lowest BCUT2D eigenvalue weighted by Crippen LogP contribution is -2.30. The summed E-state index contributed by atoms with van der Waals surface area (Å²) in [5.41, 5.74) is -0.0997. The van der Waals surface area contributed by atoms with Crippen molar-refractivity contribution in [3.8, 4) is 0 Å². The molecule has 2 amide bonds. The predicted molar refractivity (Wildman–Crippen MR) is 45.3 cm³/mol. The third-order valence-electron chi connectivity index (χ3n) is 2.43. The highest BCUT2D eigenvalue weighted by atomic mass is 16.2. The van der Waals surface area contributed by atoms with Gasteiger partial charge in [-0.05, 0) is 5.41 Å². The molecule has 1 unspecified atom stereocenters. The average Bonchev–Trinajstić information content (AvgIpc) is 2.15. The summed E-state index contributed by atoms with van der Waals surface area (Å²) in [6, 6.07) is 0. The number of hydrogen-bond donors (Lipinski definition) is 0. The lowest BCUT2D eigenvalue weighted by molar-refractivity contribution is -0.138. The molecule has 0 aromatic carbocycles. The highest BCUT2D eigenvalue weighted by molar-refractivity contribution is 6.03. The van der Waals surface area contributed by atoms with Crippen LogP contribution in [0.25, 0.3) is 0 Å². The van der Waals surface area contributed by atoms with Crippen LogP contribution in [0.2, 0.25) is 0 Å². The second-order valence-electron chi connectivity index (χ2n) is 4.41. The normalized spacial score (nSPS) is 25.3. The van der Waals surface area contributed by atoms with Crippen LogP contribution in [0.1, 0.15) is 27.2 Å². The first kappa shape index (κ1) is 9.23. The van der Waals surface area contributed by atoms with Crippen molar-refractivity contribution in [1.29, 1.82) is 0 Å². The summed E-state index contributed by atoms with van der Waals surface area (Å²) in [4.78, 5) is 23.8. The van der Waals surface area contributed by atoms with Crippen molar-refractivity contribution in [3.63, 3.8) is 0 Å². The van der Waals surface area contributed by atoms with Gasteiger partial charge in [-0.25, -0.2) is 0 Å². The lowest BCUT2D eigenvalue weighted by Gasteiger charge is -2.23. The van der Waals surface area contributed by atoms with Crippen LogP contribution < -0.4 is 0 Å². The summed E-state index contributed by atoms with van der Waals surface area (Å²) < 4.78 is 0. The van der Waals surface area contributed by atoms with E-state index in [-0.39, 0.29) is 23.1 Å². The van der Waals surface area contributed by atoms with Crippen molar-refractivity contribution >= 4 is 11.8 Å². The first-order chi connectivity index (χ1) is 5.34. The van der Waals surface area contributed by atoms with Crippen LogP contribution in [0.4, 0.5) is 0 Å². The molecule has 0 N–H and O–H groups in total. The number of carbonyl (C=O) groups is 2. The molecule has 1 aliphatic heterocycles. The van der Waals surface area contributed by atoms with Crippen LogP contribution >= 0.6 is 0 Å². The summed E-state index contributed by atoms with van der Waals surface area (Å²) in [5, 5.41) is 0. The molecule has 1 fully saturated rings. The van der Waals surface area contributed by atoms with E-state index in [9.17, 15) is 9.59 Å². The van der Waals surface area contributed by atoms with Gasteiger partial charge in [0.1, 0.15) is 0 Å². The van der Waals surface area contributed by atoms with E-state index in [1.165, 1.54) is 4.90 Å². The maximum Gasteiger partial charge on any atom is 0.233 e. The lowest BCUT2D eigenvalue weighted by atomic mass is 9.80. The van der Waals surface area contributed by atoms with Crippen LogP contribution in [-0.2, 0) is 9.59 Å². The van der Waals surface area contributed by atoms with E-state index in [1.807, 2.05) is 20.8 Å². The summed E-state index contributed by atoms with van der Waals surface area (Å²) in [6.07, 6.45) is 0.374. The average molecular weight is 169 g/mol. The molecule has 0 spiro atoms. The van der Waals surface area contributed by atoms with Crippen LogP contribution in [0.5, 0.6) is 0 Å². The molecule has 0 aromatic heterocycles. The number of amides is 2. The molecular formula is C9H15NO2. The van der Waals surface area contributed by atoms with Gasteiger partial charge in [-0.1, -0.05) is 20.8 Å². The molecule has 3 nitrogen and oxygen atoms in total. The Balaban J connectivity index is 2.86. The molecule has 0 aromatic rings. The molecule has 0 aliphatic carbocycles. The van der Waals surface area contributed by atoms with E-state index in [0.717, 1.165) is 0 Å². The molecule has 1 heterocycles. The second kappa shape index (κ2) is 2.57. The van der Waals surface area contributed by atoms with Gasteiger partial charge in [-0.2, -0.15) is 0 Å². The molecule has 1 rings (SSSR count). The van der Waals surface area contributed by atoms with Crippen molar-refractivity contribution in [1.82, 2.24) is 4.90 Å². The number of likely N-dealkylation sites (tertiary alicyclic amines) is 1. The van der Waals surface area contributed by atoms with E-state index in [4.69, 9.17) is 0 Å². The number of rotatable bonds is 0. The second-order valence-corrected chi connectivity index (χ2v) is 4.41. The van der Waals surface area contributed by atoms with E-state index in [0.29, 0.717) is 6.42 Å². The van der Waals surface area contributed by atoms with Crippen LogP contribution in [0.15, 0.2) is 0 Å². The zero-order valence-corrected chi connectivity index (χ0v) is 8.05. The topological polar surface area (TPSA) is 37.4 Å². The van der Waals surface area contributed by atoms with Gasteiger partial charge in [0.2, 0.25) is 11.8 Å². The molecule has 1 atom stereocenters. The SMILES string of the molecule is CN1C(=O)CC(C(C)(C)C)C1=O. The van der Waals surface area contributed by atoms with Gasteiger partial charge >= 0.3 is 0 Å². The summed E-state index contributed by atoms with van der Waals surface area (Å²) in [6.45, 7) is 5.96. The Morgan fingerprint density at radius 1 is 1.33 bits per heavy atom. The molecule has 0 bridgehead atoms. The van der Waals surface area contributed by atoms with Crippen LogP contribution in [0, 0.1) is 11.3 Å². The summed E-state index contributed by atoms with van der Waals surface area (Å²) >= 11 is 0. The van der Waals surface area contributed by atoms with Crippen molar-refractivity contribution in [2.75, 3.05) is 7.05 Å². The minimum absolute atomic E-state index is 0.0347. The molecule has 12 heavy (non-hydrogen) atoms. The molecule has 68 valence electrons. The maximum atomic E-state index is 11.5. The van der Waals surface area contributed by atoms with Crippen molar-refractivity contribution in [2.24, 2.45) is 11.3 Å². The Kier molecular flexibility index (Phi) is 1.98. The largest absolute Gasteiger partial charge is 0.285 e. The van der Waals surface area contributed by atoms with Gasteiger partial charge in [0.15, 0.2) is 0 Å². The van der Waals surface area contributed by atoms with Gasteiger partial charge < -0.3 is 0 Å². The Morgan fingerprint density at radius 3 is 2.00 bits per heavy atom. The standard InChI is InChI=1S/C9H15NO2/c1-9(2,3)6-5-7(11)10(4)8(6)12/h6H,5H2,1-4H3. The Labute approximate surface area is 72.7 Å².